The molecule has 4 rings (SSSR count). The Morgan fingerprint density at radius 2 is 1.70 bits per heavy atom. The Bertz CT molecular complexity index is 892. The van der Waals surface area contributed by atoms with Crippen molar-refractivity contribution in [1.82, 2.24) is 10.2 Å². The van der Waals surface area contributed by atoms with Crippen LogP contribution in [0, 0.1) is 0 Å². The van der Waals surface area contributed by atoms with Crippen molar-refractivity contribution in [3.05, 3.63) is 65.2 Å². The summed E-state index contributed by atoms with van der Waals surface area (Å²) in [6.45, 7) is 4.12. The molecule has 1 aliphatic carbocycles. The average molecular weight is 463 g/mol. The topological polar surface area (TPSA) is 44.7 Å². The maximum atomic E-state index is 13.3. The zero-order valence-electron chi connectivity index (χ0n) is 18.9. The molecule has 0 bridgehead atoms. The highest BCUT2D eigenvalue weighted by Crippen LogP contribution is 2.42. The molecule has 1 heterocycles. The van der Waals surface area contributed by atoms with Gasteiger partial charge in [0.2, 0.25) is 0 Å². The first kappa shape index (κ1) is 24.0. The summed E-state index contributed by atoms with van der Waals surface area (Å²) >= 11 is 0. The van der Waals surface area contributed by atoms with Gasteiger partial charge < -0.3 is 20.1 Å². The van der Waals surface area contributed by atoms with E-state index in [2.05, 4.69) is 15.0 Å². The lowest BCUT2D eigenvalue weighted by atomic mass is 9.72. The van der Waals surface area contributed by atoms with Gasteiger partial charge in [-0.3, -0.25) is 0 Å². The van der Waals surface area contributed by atoms with Crippen molar-refractivity contribution in [3.63, 3.8) is 0 Å². The van der Waals surface area contributed by atoms with Crippen molar-refractivity contribution in [2.45, 2.75) is 56.4 Å². The second-order valence-corrected chi connectivity index (χ2v) is 9.34. The molecule has 0 radical (unpaired) electrons. The molecule has 2 fully saturated rings. The lowest BCUT2D eigenvalue weighted by molar-refractivity contribution is -0.274. The van der Waals surface area contributed by atoms with Crippen LogP contribution < -0.4 is 10.1 Å². The summed E-state index contributed by atoms with van der Waals surface area (Å²) < 4.78 is 44.4. The van der Waals surface area contributed by atoms with Crippen LogP contribution in [0.2, 0.25) is 0 Å². The number of aliphatic hydroxyl groups is 1. The molecule has 2 N–H and O–H groups in total. The molecule has 1 saturated carbocycles. The molecular weight excluding hydrogens is 429 g/mol. The van der Waals surface area contributed by atoms with E-state index in [1.807, 2.05) is 36.4 Å². The van der Waals surface area contributed by atoms with Gasteiger partial charge in [-0.1, -0.05) is 61.7 Å². The molecule has 2 aromatic rings. The first-order chi connectivity index (χ1) is 15.8. The number of hydrogen-bond acceptors (Lipinski definition) is 4. The molecule has 0 amide bonds. The molecule has 4 nitrogen and oxygen atoms in total. The molecule has 1 unspecified atom stereocenters. The second-order valence-electron chi connectivity index (χ2n) is 9.34. The number of halogens is 3. The van der Waals surface area contributed by atoms with Crippen molar-refractivity contribution < 1.29 is 23.0 Å². The molecule has 1 atom stereocenters. The van der Waals surface area contributed by atoms with Crippen LogP contribution in [0.1, 0.15) is 54.7 Å². The number of ether oxygens (including phenoxy) is 1. The summed E-state index contributed by atoms with van der Waals surface area (Å²) in [4.78, 5) is 2.30. The van der Waals surface area contributed by atoms with Crippen molar-refractivity contribution >= 4 is 0 Å². The Kier molecular flexibility index (Phi) is 7.62. The Labute approximate surface area is 193 Å². The van der Waals surface area contributed by atoms with Gasteiger partial charge in [-0.2, -0.15) is 0 Å². The first-order valence-corrected chi connectivity index (χ1v) is 11.9. The molecule has 0 aromatic heterocycles. The molecule has 1 saturated heterocycles. The van der Waals surface area contributed by atoms with Crippen LogP contribution in [0.3, 0.4) is 0 Å². The zero-order valence-corrected chi connectivity index (χ0v) is 18.9. The van der Waals surface area contributed by atoms with E-state index in [0.29, 0.717) is 36.9 Å². The van der Waals surface area contributed by atoms with Gasteiger partial charge in [0.05, 0.1) is 5.60 Å². The number of rotatable bonds is 7. The first-order valence-electron chi connectivity index (χ1n) is 11.9. The van der Waals surface area contributed by atoms with Gasteiger partial charge in [0.25, 0.3) is 0 Å². The van der Waals surface area contributed by atoms with Crippen molar-refractivity contribution in [2.75, 3.05) is 32.7 Å². The predicted molar refractivity (Wildman–Crippen MR) is 122 cm³/mol. The van der Waals surface area contributed by atoms with Gasteiger partial charge in [0.15, 0.2) is 0 Å². The number of piperazine rings is 1. The largest absolute Gasteiger partial charge is 0.573 e. The van der Waals surface area contributed by atoms with Crippen LogP contribution in [0.25, 0.3) is 0 Å². The fourth-order valence-electron chi connectivity index (χ4n) is 5.22. The standard InChI is InChI=1S/C26H33F3N2O2/c27-26(28,29)33-24-18-21(9-10-22(24)17-20-7-3-1-4-8-20)23(19-31-15-13-30-14-16-31)25(32)11-5-2-6-12-25/h1,3-4,7-10,18,23,30,32H,2,5-6,11-17,19H2. The number of nitrogens with one attached hydrogen (secondary N) is 1. The van der Waals surface area contributed by atoms with Gasteiger partial charge >= 0.3 is 6.36 Å². The monoisotopic (exact) mass is 462 g/mol. The molecule has 1 aliphatic heterocycles. The van der Waals surface area contributed by atoms with E-state index in [4.69, 9.17) is 0 Å². The van der Waals surface area contributed by atoms with E-state index in [1.165, 1.54) is 6.07 Å². The highest BCUT2D eigenvalue weighted by molar-refractivity contribution is 5.43. The third-order valence-electron chi connectivity index (χ3n) is 6.98. The minimum atomic E-state index is -4.78. The van der Waals surface area contributed by atoms with E-state index in [1.54, 1.807) is 6.07 Å². The second kappa shape index (κ2) is 10.5. The lowest BCUT2D eigenvalue weighted by Gasteiger charge is -2.42. The smallest absolute Gasteiger partial charge is 0.405 e. The summed E-state index contributed by atoms with van der Waals surface area (Å²) in [5, 5.41) is 15.0. The SMILES string of the molecule is OC1(C(CN2CCNCC2)c2ccc(Cc3ccccc3)c(OC(F)(F)F)c2)CCCCC1. The Balaban J connectivity index is 1.68. The highest BCUT2D eigenvalue weighted by atomic mass is 19.4. The molecule has 2 aromatic carbocycles. The third kappa shape index (κ3) is 6.49. The lowest BCUT2D eigenvalue weighted by Crippen LogP contribution is -2.49. The van der Waals surface area contributed by atoms with Gasteiger partial charge in [-0.05, 0) is 35.6 Å². The van der Waals surface area contributed by atoms with Crippen LogP contribution in [-0.2, 0) is 6.42 Å². The zero-order chi connectivity index (χ0) is 23.3. The fraction of sp³-hybridized carbons (Fsp3) is 0.538. The van der Waals surface area contributed by atoms with Crippen LogP contribution in [0.4, 0.5) is 13.2 Å². The number of alkyl halides is 3. The quantitative estimate of drug-likeness (QED) is 0.617. The van der Waals surface area contributed by atoms with Crippen LogP contribution >= 0.6 is 0 Å². The van der Waals surface area contributed by atoms with Crippen molar-refractivity contribution in [1.29, 1.82) is 0 Å². The summed E-state index contributed by atoms with van der Waals surface area (Å²) in [5.74, 6) is -0.439. The van der Waals surface area contributed by atoms with Crippen molar-refractivity contribution in [2.24, 2.45) is 0 Å². The molecular formula is C26H33F3N2O2. The Morgan fingerprint density at radius 1 is 1.00 bits per heavy atom. The van der Waals surface area contributed by atoms with Crippen LogP contribution in [0.15, 0.2) is 48.5 Å². The highest BCUT2D eigenvalue weighted by Gasteiger charge is 2.40. The Hall–Kier alpha value is -2.09. The molecule has 7 heteroatoms. The maximum absolute atomic E-state index is 13.3. The maximum Gasteiger partial charge on any atom is 0.573 e. The number of benzene rings is 2. The van der Waals surface area contributed by atoms with E-state index < -0.39 is 12.0 Å². The van der Waals surface area contributed by atoms with E-state index in [9.17, 15) is 18.3 Å². The molecule has 2 aliphatic rings. The van der Waals surface area contributed by atoms with E-state index in [-0.39, 0.29) is 11.7 Å². The van der Waals surface area contributed by atoms with E-state index in [0.717, 1.165) is 51.0 Å². The van der Waals surface area contributed by atoms with Crippen molar-refractivity contribution in [3.8, 4) is 5.75 Å². The minimum Gasteiger partial charge on any atom is -0.405 e. The van der Waals surface area contributed by atoms with Gasteiger partial charge in [0, 0.05) is 45.1 Å². The Morgan fingerprint density at radius 3 is 2.36 bits per heavy atom. The molecule has 0 spiro atoms. The summed E-state index contributed by atoms with van der Waals surface area (Å²) in [6.07, 6.45) is -0.130. The number of hydrogen-bond donors (Lipinski definition) is 2. The van der Waals surface area contributed by atoms with Gasteiger partial charge in [-0.15, -0.1) is 13.2 Å². The summed E-state index contributed by atoms with van der Waals surface area (Å²) in [7, 11) is 0. The van der Waals surface area contributed by atoms with Crippen LogP contribution in [0.5, 0.6) is 5.75 Å². The fourth-order valence-corrected chi connectivity index (χ4v) is 5.22. The molecule has 180 valence electrons. The normalized spacial score (nSPS) is 20.4. The summed E-state index contributed by atoms with van der Waals surface area (Å²) in [5.41, 5.74) is 1.20. The average Bonchev–Trinajstić information content (AvgIpc) is 2.80. The minimum absolute atomic E-state index is 0.173. The predicted octanol–water partition coefficient (Wildman–Crippen LogP) is 4.86. The van der Waals surface area contributed by atoms with Gasteiger partial charge in [-0.25, -0.2) is 0 Å². The third-order valence-corrected chi connectivity index (χ3v) is 6.98. The van der Waals surface area contributed by atoms with E-state index >= 15 is 0 Å². The van der Waals surface area contributed by atoms with Gasteiger partial charge in [0.1, 0.15) is 5.75 Å². The summed E-state index contributed by atoms with van der Waals surface area (Å²) in [6, 6.07) is 14.6. The van der Waals surface area contributed by atoms with Crippen LogP contribution in [-0.4, -0.2) is 54.7 Å². The molecule has 33 heavy (non-hydrogen) atoms. The number of nitrogens with zero attached hydrogens (tertiary/aromatic N) is 1.